The largest absolute Gasteiger partial charge is 0.534 e. The number of aliphatic carboxylic acids is 1. The van der Waals surface area contributed by atoms with Gasteiger partial charge in [0.2, 0.25) is 0 Å². The van der Waals surface area contributed by atoms with E-state index in [0.29, 0.717) is 0 Å². The van der Waals surface area contributed by atoms with Crippen molar-refractivity contribution < 1.29 is 45.6 Å². The molecule has 0 aromatic rings. The molecule has 136 valence electrons. The summed E-state index contributed by atoms with van der Waals surface area (Å²) in [6, 6.07) is -1.83. The van der Waals surface area contributed by atoms with Crippen molar-refractivity contribution in [2.24, 2.45) is 0 Å². The van der Waals surface area contributed by atoms with Crippen molar-refractivity contribution in [3.05, 3.63) is 11.3 Å². The highest BCUT2D eigenvalue weighted by Crippen LogP contribution is 2.36. The third-order valence-electron chi connectivity index (χ3n) is 3.94. The summed E-state index contributed by atoms with van der Waals surface area (Å²) >= 11 is 0. The highest BCUT2D eigenvalue weighted by Gasteiger charge is 2.51. The molecule has 0 radical (unpaired) electrons. The van der Waals surface area contributed by atoms with E-state index >= 15 is 0 Å². The number of carbonyl (C=O) groups is 2. The molecule has 9 nitrogen and oxygen atoms in total. The van der Waals surface area contributed by atoms with E-state index < -0.39 is 57.5 Å². The van der Waals surface area contributed by atoms with Crippen molar-refractivity contribution in [3.8, 4) is 0 Å². The van der Waals surface area contributed by atoms with Crippen LogP contribution in [0.4, 0.5) is 18.0 Å². The van der Waals surface area contributed by atoms with Gasteiger partial charge >= 0.3 is 27.7 Å². The molecule has 1 amide bonds. The molecule has 2 unspecified atom stereocenters. The van der Waals surface area contributed by atoms with Gasteiger partial charge in [-0.1, -0.05) is 0 Å². The Hall–Kier alpha value is -2.02. The molecule has 2 heterocycles. The molecular weight excluding hydrogens is 361 g/mol. The van der Waals surface area contributed by atoms with Crippen LogP contribution in [-0.2, 0) is 19.1 Å². The van der Waals surface area contributed by atoms with Gasteiger partial charge in [0.25, 0.3) is 0 Å². The molecule has 13 heteroatoms. The predicted octanol–water partition coefficient (Wildman–Crippen LogP) is 0.258. The van der Waals surface area contributed by atoms with E-state index in [1.807, 2.05) is 0 Å². The van der Waals surface area contributed by atoms with E-state index in [4.69, 9.17) is 5.11 Å². The minimum atomic E-state index is -6.01. The molecule has 0 spiro atoms. The molecule has 1 saturated heterocycles. The zero-order valence-electron chi connectivity index (χ0n) is 12.1. The number of amides is 1. The molecular formula is C11H13F3N2O7S. The summed E-state index contributed by atoms with van der Waals surface area (Å²) in [7, 11) is -4.53. The SMILES string of the molecule is CN1C2CC(OS(=O)(=O)C(F)(F)F)=C(C(=O)O)C1CN(C(=O)O)C2. The average Bonchev–Trinajstić information content (AvgIpc) is 2.37. The summed E-state index contributed by atoms with van der Waals surface area (Å²) in [5.41, 5.74) is -6.40. The summed E-state index contributed by atoms with van der Waals surface area (Å²) < 4.78 is 63.8. The molecule has 2 N–H and O–H groups in total. The lowest BCUT2D eigenvalue weighted by molar-refractivity contribution is -0.134. The van der Waals surface area contributed by atoms with Gasteiger partial charge in [-0.05, 0) is 7.05 Å². The Morgan fingerprint density at radius 3 is 2.29 bits per heavy atom. The van der Waals surface area contributed by atoms with Crippen LogP contribution < -0.4 is 0 Å². The zero-order chi connectivity index (χ0) is 18.4. The van der Waals surface area contributed by atoms with Crippen LogP contribution in [0.1, 0.15) is 6.42 Å². The second-order valence-corrected chi connectivity index (χ2v) is 6.89. The Balaban J connectivity index is 2.46. The summed E-state index contributed by atoms with van der Waals surface area (Å²) in [6.07, 6.45) is -1.79. The van der Waals surface area contributed by atoms with E-state index in [1.54, 1.807) is 0 Å². The van der Waals surface area contributed by atoms with Crippen LogP contribution in [0.2, 0.25) is 0 Å². The fourth-order valence-corrected chi connectivity index (χ4v) is 3.26. The van der Waals surface area contributed by atoms with Crippen LogP contribution in [-0.4, -0.2) is 78.2 Å². The van der Waals surface area contributed by atoms with Crippen molar-refractivity contribution >= 4 is 22.2 Å². The molecule has 2 bridgehead atoms. The molecule has 1 fully saturated rings. The maximum atomic E-state index is 12.5. The van der Waals surface area contributed by atoms with Crippen molar-refractivity contribution in [3.63, 3.8) is 0 Å². The van der Waals surface area contributed by atoms with Crippen LogP contribution in [0.5, 0.6) is 0 Å². The number of halogens is 3. The monoisotopic (exact) mass is 374 g/mol. The fraction of sp³-hybridized carbons (Fsp3) is 0.636. The van der Waals surface area contributed by atoms with Crippen LogP contribution in [0.25, 0.3) is 0 Å². The highest BCUT2D eigenvalue weighted by atomic mass is 32.2. The van der Waals surface area contributed by atoms with Gasteiger partial charge in [-0.25, -0.2) is 9.59 Å². The molecule has 0 aromatic carbocycles. The number of hydrogen-bond acceptors (Lipinski definition) is 6. The number of hydrogen-bond donors (Lipinski definition) is 2. The zero-order valence-corrected chi connectivity index (χ0v) is 13.0. The Morgan fingerprint density at radius 2 is 1.83 bits per heavy atom. The van der Waals surface area contributed by atoms with E-state index in [9.17, 15) is 36.3 Å². The Labute approximate surface area is 134 Å². The Morgan fingerprint density at radius 1 is 1.25 bits per heavy atom. The van der Waals surface area contributed by atoms with Crippen molar-refractivity contribution in [2.45, 2.75) is 24.0 Å². The second-order valence-electron chi connectivity index (χ2n) is 5.35. The standard InChI is InChI=1S/C11H13F3N2O7S/c1-15-5-2-7(23-24(21,22)11(12,13)14)8(9(17)18)6(15)4-16(3-5)10(19)20/h5-6H,2-4H2,1H3,(H,17,18)(H,19,20). The number of carboxylic acids is 1. The number of piperazine rings is 1. The first-order chi connectivity index (χ1) is 10.8. The van der Waals surface area contributed by atoms with E-state index in [2.05, 4.69) is 4.18 Å². The van der Waals surface area contributed by atoms with Gasteiger partial charge in [0.05, 0.1) is 11.6 Å². The first-order valence-electron chi connectivity index (χ1n) is 6.52. The molecule has 0 saturated carbocycles. The number of alkyl halides is 3. The number of likely N-dealkylation sites (N-methyl/N-ethyl adjacent to an activating group) is 1. The number of fused-ring (bicyclic) bond motifs is 2. The van der Waals surface area contributed by atoms with Crippen molar-refractivity contribution in [1.29, 1.82) is 0 Å². The van der Waals surface area contributed by atoms with Gasteiger partial charge in [-0.15, -0.1) is 0 Å². The second kappa shape index (κ2) is 5.81. The maximum Gasteiger partial charge on any atom is 0.534 e. The number of nitrogens with zero attached hydrogens (tertiary/aromatic N) is 2. The van der Waals surface area contributed by atoms with Crippen molar-refractivity contribution in [1.82, 2.24) is 9.80 Å². The van der Waals surface area contributed by atoms with Crippen LogP contribution in [0.3, 0.4) is 0 Å². The van der Waals surface area contributed by atoms with Gasteiger partial charge in [0, 0.05) is 25.6 Å². The molecule has 24 heavy (non-hydrogen) atoms. The lowest BCUT2D eigenvalue weighted by atomic mass is 9.90. The number of carboxylic acid groups (broad SMARTS) is 2. The molecule has 2 aliphatic rings. The van der Waals surface area contributed by atoms with Gasteiger partial charge in [-0.3, -0.25) is 4.90 Å². The third kappa shape index (κ3) is 3.13. The molecule has 2 aliphatic heterocycles. The lowest BCUT2D eigenvalue weighted by Crippen LogP contribution is -2.62. The lowest BCUT2D eigenvalue weighted by Gasteiger charge is -2.47. The highest BCUT2D eigenvalue weighted by molar-refractivity contribution is 7.87. The number of rotatable bonds is 3. The topological polar surface area (TPSA) is 124 Å². The van der Waals surface area contributed by atoms with Gasteiger partial charge < -0.3 is 19.3 Å². The first-order valence-corrected chi connectivity index (χ1v) is 7.93. The van der Waals surface area contributed by atoms with Gasteiger partial charge in [0.15, 0.2) is 0 Å². The van der Waals surface area contributed by atoms with Gasteiger partial charge in [0.1, 0.15) is 5.76 Å². The van der Waals surface area contributed by atoms with Crippen LogP contribution in [0.15, 0.2) is 11.3 Å². The normalized spacial score (nSPS) is 25.6. The minimum absolute atomic E-state index is 0.117. The molecule has 0 aliphatic carbocycles. The molecule has 0 aromatic heterocycles. The fourth-order valence-electron chi connectivity index (χ4n) is 2.74. The van der Waals surface area contributed by atoms with Crippen molar-refractivity contribution in [2.75, 3.05) is 20.1 Å². The van der Waals surface area contributed by atoms with E-state index in [0.717, 1.165) is 4.90 Å². The predicted molar refractivity (Wildman–Crippen MR) is 70.3 cm³/mol. The van der Waals surface area contributed by atoms with Crippen LogP contribution >= 0.6 is 0 Å². The molecule has 2 atom stereocenters. The quantitative estimate of drug-likeness (QED) is 0.532. The van der Waals surface area contributed by atoms with Crippen LogP contribution in [0, 0.1) is 0 Å². The minimum Gasteiger partial charge on any atom is -0.478 e. The van der Waals surface area contributed by atoms with Gasteiger partial charge in [-0.2, -0.15) is 21.6 Å². The summed E-state index contributed by atoms with van der Waals surface area (Å²) in [6.45, 7) is -0.447. The smallest absolute Gasteiger partial charge is 0.478 e. The third-order valence-corrected chi connectivity index (χ3v) is 4.93. The average molecular weight is 374 g/mol. The maximum absolute atomic E-state index is 12.5. The Kier molecular flexibility index (Phi) is 4.43. The van der Waals surface area contributed by atoms with E-state index in [1.165, 1.54) is 11.9 Å². The summed E-state index contributed by atoms with van der Waals surface area (Å²) in [5, 5.41) is 18.3. The molecule has 2 rings (SSSR count). The summed E-state index contributed by atoms with van der Waals surface area (Å²) in [5.74, 6) is -2.50. The first kappa shape index (κ1) is 18.3. The van der Waals surface area contributed by atoms with E-state index in [-0.39, 0.29) is 13.1 Å². The summed E-state index contributed by atoms with van der Waals surface area (Å²) in [4.78, 5) is 24.9. The Bertz CT molecular complexity index is 703.